The number of pyridine rings is 4. The maximum absolute atomic E-state index is 14.2. The Morgan fingerprint density at radius 1 is 0.577 bits per heavy atom. The molecular weight excluding hydrogens is 1030 g/mol. The van der Waals surface area contributed by atoms with Crippen LogP contribution in [-0.2, 0) is 36.2 Å². The molecule has 0 atom stereocenters. The lowest BCUT2D eigenvalue weighted by Gasteiger charge is -2.32. The van der Waals surface area contributed by atoms with E-state index in [4.69, 9.17) is 32.4 Å². The highest BCUT2D eigenvalue weighted by molar-refractivity contribution is 6.62. The Kier molecular flexibility index (Phi) is 14.9. The van der Waals surface area contributed by atoms with Crippen molar-refractivity contribution in [3.63, 3.8) is 0 Å². The fourth-order valence-corrected chi connectivity index (χ4v) is 8.53. The van der Waals surface area contributed by atoms with Crippen LogP contribution in [0.2, 0.25) is 5.15 Å². The maximum Gasteiger partial charge on any atom is 0.496 e. The lowest BCUT2D eigenvalue weighted by molar-refractivity contribution is 0.00578. The average Bonchev–Trinajstić information content (AvgIpc) is 4.11. The molecule has 0 unspecified atom stereocenters. The molecule has 8 aromatic heterocycles. The lowest BCUT2D eigenvalue weighted by atomic mass is 9.80. The Hall–Kier alpha value is -8.67. The molecule has 4 N–H and O–H groups in total. The van der Waals surface area contributed by atoms with E-state index in [1.54, 1.807) is 44.8 Å². The number of halogens is 5. The topological polar surface area (TPSA) is 226 Å². The first-order valence-electron chi connectivity index (χ1n) is 24.2. The summed E-state index contributed by atoms with van der Waals surface area (Å²) in [5.41, 5.74) is 17.6. The van der Waals surface area contributed by atoms with Crippen molar-refractivity contribution < 1.29 is 26.9 Å². The summed E-state index contributed by atoms with van der Waals surface area (Å²) in [5.74, 6) is -2.42. The van der Waals surface area contributed by atoms with Crippen LogP contribution in [0.25, 0.3) is 44.8 Å². The van der Waals surface area contributed by atoms with Gasteiger partial charge in [-0.2, -0.15) is 9.03 Å². The van der Waals surface area contributed by atoms with E-state index in [1.165, 1.54) is 54.6 Å². The third-order valence-corrected chi connectivity index (χ3v) is 13.5. The monoisotopic (exact) mass is 1080 g/mol. The fraction of sp³-hybridized carbons (Fsp3) is 0.222. The number of hydrogen-bond donors (Lipinski definition) is 2. The van der Waals surface area contributed by atoms with E-state index >= 15 is 0 Å². The van der Waals surface area contributed by atoms with Gasteiger partial charge in [-0.05, 0) is 96.1 Å². The second-order valence-electron chi connectivity index (χ2n) is 19.4. The van der Waals surface area contributed by atoms with E-state index in [1.807, 2.05) is 44.3 Å². The highest BCUT2D eigenvalue weighted by Gasteiger charge is 2.51. The summed E-state index contributed by atoms with van der Waals surface area (Å²) in [6.45, 7) is 12.0. The van der Waals surface area contributed by atoms with Gasteiger partial charge in [-0.15, -0.1) is 10.2 Å². The molecule has 10 aromatic rings. The van der Waals surface area contributed by atoms with Crippen molar-refractivity contribution in [3.05, 3.63) is 193 Å². The van der Waals surface area contributed by atoms with Crippen LogP contribution in [0.1, 0.15) is 61.9 Å². The predicted octanol–water partition coefficient (Wildman–Crippen LogP) is 7.60. The average molecular weight is 1080 g/mol. The van der Waals surface area contributed by atoms with Gasteiger partial charge in [-0.1, -0.05) is 29.8 Å². The van der Waals surface area contributed by atoms with Crippen molar-refractivity contribution in [2.24, 2.45) is 14.1 Å². The quantitative estimate of drug-likeness (QED) is 0.0849. The van der Waals surface area contributed by atoms with Gasteiger partial charge in [0.25, 0.3) is 0 Å². The van der Waals surface area contributed by atoms with Gasteiger partial charge in [-0.25, -0.2) is 37.5 Å². The van der Waals surface area contributed by atoms with Gasteiger partial charge in [0.15, 0.2) is 22.9 Å². The van der Waals surface area contributed by atoms with Crippen LogP contribution >= 0.6 is 11.6 Å². The number of rotatable bonds is 8. The molecule has 2 aromatic carbocycles. The molecule has 1 aliphatic heterocycles. The number of aryl methyl sites for hydroxylation is 4. The number of hydrogen-bond acceptors (Lipinski definition) is 14. The van der Waals surface area contributed by atoms with Crippen molar-refractivity contribution in [2.75, 3.05) is 11.5 Å². The fourth-order valence-electron chi connectivity index (χ4n) is 8.25. The molecule has 1 saturated heterocycles. The van der Waals surface area contributed by atoms with Crippen LogP contribution in [-0.4, -0.2) is 76.6 Å². The molecule has 11 rings (SSSR count). The molecule has 0 aliphatic carbocycles. The molecule has 1 aliphatic rings. The highest BCUT2D eigenvalue weighted by Crippen LogP contribution is 2.37. The second-order valence-corrected chi connectivity index (χ2v) is 19.7. The minimum atomic E-state index is -0.693. The highest BCUT2D eigenvalue weighted by atomic mass is 35.5. The first-order valence-corrected chi connectivity index (χ1v) is 24.5. The Bertz CT molecular complexity index is 3980. The van der Waals surface area contributed by atoms with Gasteiger partial charge in [0.05, 0.1) is 28.0 Å². The van der Waals surface area contributed by atoms with E-state index in [2.05, 4.69) is 67.8 Å². The molecule has 24 heteroatoms. The number of aromatic nitrogens is 12. The molecule has 0 saturated carbocycles. The minimum absolute atomic E-state index is 0.0266. The largest absolute Gasteiger partial charge is 0.496 e. The van der Waals surface area contributed by atoms with Crippen molar-refractivity contribution >= 4 is 47.4 Å². The predicted molar refractivity (Wildman–Crippen MR) is 288 cm³/mol. The second kappa shape index (κ2) is 21.4. The van der Waals surface area contributed by atoms with E-state index in [9.17, 15) is 27.2 Å². The van der Waals surface area contributed by atoms with Gasteiger partial charge in [0.2, 0.25) is 23.0 Å². The van der Waals surface area contributed by atoms with Crippen molar-refractivity contribution in [2.45, 2.75) is 65.6 Å². The Labute approximate surface area is 448 Å². The van der Waals surface area contributed by atoms with Gasteiger partial charge >= 0.3 is 7.12 Å². The number of nitrogen functional groups attached to an aromatic ring is 2. The zero-order chi connectivity index (χ0) is 56.0. The first-order chi connectivity index (χ1) is 37.0. The lowest BCUT2D eigenvalue weighted by Crippen LogP contribution is -2.41. The summed E-state index contributed by atoms with van der Waals surface area (Å²) in [6.07, 6.45) is 6.37. The van der Waals surface area contributed by atoms with Gasteiger partial charge in [0, 0.05) is 109 Å². The SMILES string of the molecule is Cc1ccc(-c2nc(N)n3nc(Cc4c(F)cccc4F)nc3c2-c2ccc(=O)n(C)c2)cn1.Cc1ccc(B2OC(C)(C)C(C)(C)O2)cn1.Cn1cc(-c2c(Cl)nc(N)n3nc(Cc4c(F)cccc4F)nc23)ccc1=O. The molecule has 0 bridgehead atoms. The van der Waals surface area contributed by atoms with Crippen molar-refractivity contribution in [1.82, 2.24) is 58.3 Å². The zero-order valence-corrected chi connectivity index (χ0v) is 44.2. The van der Waals surface area contributed by atoms with Crippen LogP contribution in [0, 0.1) is 37.1 Å². The summed E-state index contributed by atoms with van der Waals surface area (Å²) < 4.78 is 73.7. The summed E-state index contributed by atoms with van der Waals surface area (Å²) in [4.78, 5) is 49.8. The third-order valence-electron chi connectivity index (χ3n) is 13.3. The van der Waals surface area contributed by atoms with E-state index < -0.39 is 23.3 Å². The molecule has 9 heterocycles. The molecule has 18 nitrogen and oxygen atoms in total. The molecular formula is C54H50BClF4N14O4. The van der Waals surface area contributed by atoms with E-state index in [0.717, 1.165) is 29.0 Å². The molecule has 398 valence electrons. The Balaban J connectivity index is 0.000000151. The summed E-state index contributed by atoms with van der Waals surface area (Å²) >= 11 is 6.28. The maximum atomic E-state index is 14.2. The first kappa shape index (κ1) is 54.1. The number of nitrogens with zero attached hydrogens (tertiary/aromatic N) is 12. The Morgan fingerprint density at radius 3 is 1.46 bits per heavy atom. The van der Waals surface area contributed by atoms with Crippen LogP contribution in [0.3, 0.4) is 0 Å². The van der Waals surface area contributed by atoms with E-state index in [-0.39, 0.29) is 87.8 Å². The summed E-state index contributed by atoms with van der Waals surface area (Å²) in [7, 11) is 2.92. The van der Waals surface area contributed by atoms with Gasteiger partial charge in [-0.3, -0.25) is 19.6 Å². The number of benzene rings is 2. The smallest absolute Gasteiger partial charge is 0.399 e. The number of nitrogens with two attached hydrogens (primary N) is 2. The normalized spacial score (nSPS) is 13.6. The number of fused-ring (bicyclic) bond motifs is 2. The van der Waals surface area contributed by atoms with Crippen LogP contribution in [0.15, 0.2) is 119 Å². The van der Waals surface area contributed by atoms with Crippen LogP contribution in [0.4, 0.5) is 29.5 Å². The van der Waals surface area contributed by atoms with E-state index in [0.29, 0.717) is 39.2 Å². The van der Waals surface area contributed by atoms with Crippen molar-refractivity contribution in [3.8, 4) is 33.5 Å². The molecule has 0 spiro atoms. The number of anilines is 2. The third kappa shape index (κ3) is 11.0. The zero-order valence-electron chi connectivity index (χ0n) is 43.4. The van der Waals surface area contributed by atoms with Crippen LogP contribution in [0.5, 0.6) is 0 Å². The molecule has 1 fully saturated rings. The molecule has 78 heavy (non-hydrogen) atoms. The minimum Gasteiger partial charge on any atom is -0.399 e. The summed E-state index contributed by atoms with van der Waals surface area (Å²) in [5, 5.41) is 8.65. The molecule has 0 radical (unpaired) electrons. The van der Waals surface area contributed by atoms with Crippen LogP contribution < -0.4 is 28.0 Å². The van der Waals surface area contributed by atoms with Crippen molar-refractivity contribution in [1.29, 1.82) is 0 Å². The standard InChI is InChI=1S/C24H19F2N7O.C18H13ClF2N6O.C12H18BNO2/c1-13-6-7-14(11-28-13)22-21(15-8-9-20(34)32(2)12-15)23-29-19(31-33(23)24(27)30-22)10-16-17(25)4-3-5-18(16)26;1-26-8-9(5-6-14(26)28)15-16(19)24-18(22)27-17(15)23-13(25-27)7-10-11(20)3-2-4-12(10)21;1-9-6-7-10(8-14-9)13-15-11(2,3)12(4,5)16-13/h3-9,11-12H,10H2,1-2H3,(H2,27,30);2-6,8H,7H2,1H3,(H2,22,24);6-8H,1-5H3. The summed E-state index contributed by atoms with van der Waals surface area (Å²) in [6, 6.07) is 21.0. The molecule has 0 amide bonds. The van der Waals surface area contributed by atoms with Gasteiger partial charge in [0.1, 0.15) is 28.4 Å². The van der Waals surface area contributed by atoms with Gasteiger partial charge < -0.3 is 29.9 Å². The Morgan fingerprint density at radius 2 is 1.01 bits per heavy atom.